The van der Waals surface area contributed by atoms with Crippen LogP contribution < -0.4 is 5.32 Å². The molecule has 0 aliphatic heterocycles. The summed E-state index contributed by atoms with van der Waals surface area (Å²) in [6, 6.07) is 0.00931. The molecule has 1 fully saturated rings. The molecule has 1 saturated carbocycles. The molecule has 1 aliphatic carbocycles. The lowest BCUT2D eigenvalue weighted by Gasteiger charge is -2.26. The van der Waals surface area contributed by atoms with Gasteiger partial charge in [0, 0.05) is 30.5 Å². The van der Waals surface area contributed by atoms with Crippen molar-refractivity contribution < 1.29 is 4.39 Å². The number of aryl methyl sites for hydroxylation is 1. The lowest BCUT2D eigenvalue weighted by molar-refractivity contribution is 0.188. The Hall–Kier alpha value is -1.03. The zero-order valence-corrected chi connectivity index (χ0v) is 9.62. The number of alkyl halides is 1. The van der Waals surface area contributed by atoms with Gasteiger partial charge < -0.3 is 5.32 Å². The zero-order valence-electron chi connectivity index (χ0n) is 9.62. The quantitative estimate of drug-likeness (QED) is 0.853. The van der Waals surface area contributed by atoms with Crippen LogP contribution in [0.25, 0.3) is 0 Å². The average molecular weight is 223 g/mol. The van der Waals surface area contributed by atoms with Gasteiger partial charge in [0.1, 0.15) is 12.0 Å². The summed E-state index contributed by atoms with van der Waals surface area (Å²) in [5.41, 5.74) is 1.02. The van der Waals surface area contributed by atoms with E-state index >= 15 is 0 Å². The molecular formula is C12H18FN3. The SMILES string of the molecule is Cc1ncc(CN[C@H]2CCCC[C@@H]2F)cn1. The Bertz CT molecular complexity index is 326. The van der Waals surface area contributed by atoms with Crippen LogP contribution in [0.2, 0.25) is 0 Å². The Morgan fingerprint density at radius 1 is 1.31 bits per heavy atom. The molecule has 16 heavy (non-hydrogen) atoms. The standard InChI is InChI=1S/C12H18FN3/c1-9-14-6-10(7-15-9)8-16-12-5-3-2-4-11(12)13/h6-7,11-12,16H,2-5,8H2,1H3/t11-,12-/m0/s1. The molecule has 1 aliphatic rings. The Morgan fingerprint density at radius 3 is 2.69 bits per heavy atom. The van der Waals surface area contributed by atoms with Crippen LogP contribution >= 0.6 is 0 Å². The third kappa shape index (κ3) is 2.98. The van der Waals surface area contributed by atoms with Crippen molar-refractivity contribution in [2.45, 2.75) is 51.4 Å². The van der Waals surface area contributed by atoms with Crippen molar-refractivity contribution >= 4 is 0 Å². The second-order valence-corrected chi connectivity index (χ2v) is 4.43. The molecule has 0 unspecified atom stereocenters. The number of rotatable bonds is 3. The molecule has 0 radical (unpaired) electrons. The van der Waals surface area contributed by atoms with Gasteiger partial charge in [-0.25, -0.2) is 14.4 Å². The smallest absolute Gasteiger partial charge is 0.125 e. The normalized spacial score (nSPS) is 25.6. The number of hydrogen-bond acceptors (Lipinski definition) is 3. The topological polar surface area (TPSA) is 37.8 Å². The first-order valence-electron chi connectivity index (χ1n) is 5.90. The molecule has 0 bridgehead atoms. The van der Waals surface area contributed by atoms with E-state index in [0.717, 1.165) is 30.7 Å². The molecule has 1 aromatic heterocycles. The molecule has 0 amide bonds. The van der Waals surface area contributed by atoms with E-state index in [4.69, 9.17) is 0 Å². The van der Waals surface area contributed by atoms with Crippen LogP contribution in [0.1, 0.15) is 37.1 Å². The van der Waals surface area contributed by atoms with E-state index in [2.05, 4.69) is 15.3 Å². The summed E-state index contributed by atoms with van der Waals surface area (Å²) in [5.74, 6) is 0.768. The third-order valence-corrected chi connectivity index (χ3v) is 3.08. The molecule has 1 aromatic rings. The fourth-order valence-electron chi connectivity index (χ4n) is 2.08. The van der Waals surface area contributed by atoms with Crippen molar-refractivity contribution in [3.8, 4) is 0 Å². The molecule has 0 aromatic carbocycles. The second kappa shape index (κ2) is 5.34. The highest BCUT2D eigenvalue weighted by Crippen LogP contribution is 2.21. The van der Waals surface area contributed by atoms with E-state index in [-0.39, 0.29) is 6.04 Å². The van der Waals surface area contributed by atoms with E-state index in [9.17, 15) is 4.39 Å². The maximum atomic E-state index is 13.5. The van der Waals surface area contributed by atoms with Crippen LogP contribution in [0.15, 0.2) is 12.4 Å². The van der Waals surface area contributed by atoms with Gasteiger partial charge in [0.2, 0.25) is 0 Å². The predicted octanol–water partition coefficient (Wildman–Crippen LogP) is 2.16. The van der Waals surface area contributed by atoms with Crippen molar-refractivity contribution in [2.75, 3.05) is 0 Å². The fraction of sp³-hybridized carbons (Fsp3) is 0.667. The van der Waals surface area contributed by atoms with Gasteiger partial charge in [-0.05, 0) is 19.8 Å². The van der Waals surface area contributed by atoms with Gasteiger partial charge in [-0.1, -0.05) is 12.8 Å². The summed E-state index contributed by atoms with van der Waals surface area (Å²) < 4.78 is 13.5. The van der Waals surface area contributed by atoms with Crippen LogP contribution in [-0.2, 0) is 6.54 Å². The largest absolute Gasteiger partial charge is 0.307 e. The number of hydrogen-bond donors (Lipinski definition) is 1. The Morgan fingerprint density at radius 2 is 2.00 bits per heavy atom. The van der Waals surface area contributed by atoms with E-state index in [1.807, 2.05) is 6.92 Å². The van der Waals surface area contributed by atoms with Gasteiger partial charge in [-0.15, -0.1) is 0 Å². The zero-order chi connectivity index (χ0) is 11.4. The molecule has 1 N–H and O–H groups in total. The molecule has 88 valence electrons. The van der Waals surface area contributed by atoms with Gasteiger partial charge in [-0.2, -0.15) is 0 Å². The van der Waals surface area contributed by atoms with Gasteiger partial charge in [-0.3, -0.25) is 0 Å². The number of nitrogens with one attached hydrogen (secondary N) is 1. The van der Waals surface area contributed by atoms with E-state index in [1.54, 1.807) is 12.4 Å². The van der Waals surface area contributed by atoms with Gasteiger partial charge in [0.05, 0.1) is 0 Å². The van der Waals surface area contributed by atoms with Crippen LogP contribution in [0.5, 0.6) is 0 Å². The number of nitrogens with zero attached hydrogens (tertiary/aromatic N) is 2. The maximum absolute atomic E-state index is 13.5. The number of aromatic nitrogens is 2. The van der Waals surface area contributed by atoms with Crippen molar-refractivity contribution in [2.24, 2.45) is 0 Å². The van der Waals surface area contributed by atoms with Crippen molar-refractivity contribution in [1.29, 1.82) is 0 Å². The van der Waals surface area contributed by atoms with Crippen molar-refractivity contribution in [3.63, 3.8) is 0 Å². The molecule has 2 atom stereocenters. The van der Waals surface area contributed by atoms with Crippen LogP contribution in [-0.4, -0.2) is 22.2 Å². The molecule has 3 nitrogen and oxygen atoms in total. The first kappa shape index (κ1) is 11.5. The fourth-order valence-corrected chi connectivity index (χ4v) is 2.08. The molecule has 0 saturated heterocycles. The Labute approximate surface area is 95.5 Å². The maximum Gasteiger partial charge on any atom is 0.125 e. The molecule has 1 heterocycles. The lowest BCUT2D eigenvalue weighted by atomic mass is 9.93. The summed E-state index contributed by atoms with van der Waals surface area (Å²) >= 11 is 0. The highest BCUT2D eigenvalue weighted by molar-refractivity contribution is 5.04. The minimum atomic E-state index is -0.694. The first-order chi connectivity index (χ1) is 7.75. The molecule has 0 spiro atoms. The summed E-state index contributed by atoms with van der Waals surface area (Å²) in [4.78, 5) is 8.23. The van der Waals surface area contributed by atoms with E-state index < -0.39 is 6.17 Å². The third-order valence-electron chi connectivity index (χ3n) is 3.08. The summed E-state index contributed by atoms with van der Waals surface area (Å²) in [7, 11) is 0. The monoisotopic (exact) mass is 223 g/mol. The van der Waals surface area contributed by atoms with E-state index in [1.165, 1.54) is 0 Å². The molecule has 4 heteroatoms. The summed E-state index contributed by atoms with van der Waals surface area (Å²) in [6.45, 7) is 2.52. The van der Waals surface area contributed by atoms with Gasteiger partial charge in [0.25, 0.3) is 0 Å². The summed E-state index contributed by atoms with van der Waals surface area (Å²) in [6.07, 6.45) is 6.68. The minimum absolute atomic E-state index is 0.00931. The molecular weight excluding hydrogens is 205 g/mol. The van der Waals surface area contributed by atoms with Gasteiger partial charge >= 0.3 is 0 Å². The Balaban J connectivity index is 1.84. The van der Waals surface area contributed by atoms with Crippen molar-refractivity contribution in [3.05, 3.63) is 23.8 Å². The average Bonchev–Trinajstić information content (AvgIpc) is 2.30. The Kier molecular flexibility index (Phi) is 3.83. The van der Waals surface area contributed by atoms with E-state index in [0.29, 0.717) is 13.0 Å². The number of halogens is 1. The highest BCUT2D eigenvalue weighted by Gasteiger charge is 2.23. The van der Waals surface area contributed by atoms with Crippen LogP contribution in [0.3, 0.4) is 0 Å². The lowest BCUT2D eigenvalue weighted by Crippen LogP contribution is -2.39. The van der Waals surface area contributed by atoms with Crippen LogP contribution in [0.4, 0.5) is 4.39 Å². The highest BCUT2D eigenvalue weighted by atomic mass is 19.1. The minimum Gasteiger partial charge on any atom is -0.307 e. The predicted molar refractivity (Wildman–Crippen MR) is 60.8 cm³/mol. The van der Waals surface area contributed by atoms with Crippen LogP contribution in [0, 0.1) is 6.92 Å². The molecule has 2 rings (SSSR count). The second-order valence-electron chi connectivity index (χ2n) is 4.43. The summed E-state index contributed by atoms with van der Waals surface area (Å²) in [5, 5.41) is 3.25. The first-order valence-corrected chi connectivity index (χ1v) is 5.90. The van der Waals surface area contributed by atoms with Crippen molar-refractivity contribution in [1.82, 2.24) is 15.3 Å². The van der Waals surface area contributed by atoms with Gasteiger partial charge in [0.15, 0.2) is 0 Å².